The van der Waals surface area contributed by atoms with Crippen LogP contribution in [-0.2, 0) is 16.0 Å². The van der Waals surface area contributed by atoms with Crippen LogP contribution in [0.25, 0.3) is 0 Å². The molecule has 0 fully saturated rings. The summed E-state index contributed by atoms with van der Waals surface area (Å²) in [5.41, 5.74) is -0.178. The van der Waals surface area contributed by atoms with Gasteiger partial charge in [0.15, 0.2) is 0 Å². The topological polar surface area (TPSA) is 77.3 Å². The SMILES string of the molecule is Cc1cccc(CS(=O)(=O)F)c1[N+](=O)[O-]. The van der Waals surface area contributed by atoms with E-state index in [0.29, 0.717) is 5.56 Å². The van der Waals surface area contributed by atoms with Crippen LogP contribution in [0.2, 0.25) is 0 Å². The van der Waals surface area contributed by atoms with Gasteiger partial charge in [-0.05, 0) is 6.92 Å². The van der Waals surface area contributed by atoms with Crippen molar-refractivity contribution in [2.24, 2.45) is 0 Å². The summed E-state index contributed by atoms with van der Waals surface area (Å²) in [6.07, 6.45) is 0. The van der Waals surface area contributed by atoms with E-state index in [9.17, 15) is 22.4 Å². The standard InChI is InChI=1S/C8H8FNO4S/c1-6-3-2-4-7(5-15(9,13)14)8(6)10(11)12/h2-4H,5H2,1H3. The molecule has 0 saturated heterocycles. The second-order valence-electron chi connectivity index (χ2n) is 3.02. The number of rotatable bonds is 3. The van der Waals surface area contributed by atoms with Crippen LogP contribution < -0.4 is 0 Å². The molecule has 0 N–H and O–H groups in total. The normalized spacial score (nSPS) is 11.3. The molecule has 0 atom stereocenters. The average molecular weight is 233 g/mol. The molecule has 0 saturated carbocycles. The predicted octanol–water partition coefficient (Wildman–Crippen LogP) is 1.70. The Hall–Kier alpha value is -1.50. The van der Waals surface area contributed by atoms with Crippen LogP contribution in [-0.4, -0.2) is 13.3 Å². The van der Waals surface area contributed by atoms with Crippen LogP contribution in [0.1, 0.15) is 11.1 Å². The number of hydrogen-bond donors (Lipinski definition) is 0. The van der Waals surface area contributed by atoms with E-state index in [1.165, 1.54) is 25.1 Å². The van der Waals surface area contributed by atoms with Gasteiger partial charge in [0.25, 0.3) is 5.69 Å². The van der Waals surface area contributed by atoms with Crippen LogP contribution in [0, 0.1) is 17.0 Å². The Morgan fingerprint density at radius 3 is 2.53 bits per heavy atom. The van der Waals surface area contributed by atoms with Crippen molar-refractivity contribution < 1.29 is 17.2 Å². The molecule has 0 aliphatic carbocycles. The third-order valence-electron chi connectivity index (χ3n) is 1.83. The van der Waals surface area contributed by atoms with Crippen LogP contribution >= 0.6 is 0 Å². The fraction of sp³-hybridized carbons (Fsp3) is 0.250. The fourth-order valence-corrected chi connectivity index (χ4v) is 1.89. The van der Waals surface area contributed by atoms with Gasteiger partial charge in [0.2, 0.25) is 0 Å². The number of nitrogens with zero attached hydrogens (tertiary/aromatic N) is 1. The zero-order valence-electron chi connectivity index (χ0n) is 7.81. The molecular weight excluding hydrogens is 225 g/mol. The quantitative estimate of drug-likeness (QED) is 0.452. The summed E-state index contributed by atoms with van der Waals surface area (Å²) < 4.78 is 33.2. The Morgan fingerprint density at radius 2 is 2.07 bits per heavy atom. The van der Waals surface area contributed by atoms with Crippen molar-refractivity contribution in [1.29, 1.82) is 0 Å². The molecule has 0 aromatic heterocycles. The molecule has 0 unspecified atom stereocenters. The maximum atomic E-state index is 12.4. The Morgan fingerprint density at radius 1 is 1.47 bits per heavy atom. The summed E-state index contributed by atoms with van der Waals surface area (Å²) in [4.78, 5) is 9.90. The van der Waals surface area contributed by atoms with Gasteiger partial charge in [0.05, 0.1) is 4.92 Å². The van der Waals surface area contributed by atoms with E-state index in [-0.39, 0.29) is 11.3 Å². The van der Waals surface area contributed by atoms with Crippen LogP contribution in [0.5, 0.6) is 0 Å². The summed E-state index contributed by atoms with van der Waals surface area (Å²) >= 11 is 0. The van der Waals surface area contributed by atoms with Crippen molar-refractivity contribution in [3.8, 4) is 0 Å². The molecule has 0 bridgehead atoms. The number of para-hydroxylation sites is 1. The van der Waals surface area contributed by atoms with Gasteiger partial charge in [-0.1, -0.05) is 18.2 Å². The third kappa shape index (κ3) is 2.98. The first-order chi connectivity index (χ1) is 6.81. The maximum Gasteiger partial charge on any atom is 0.306 e. The van der Waals surface area contributed by atoms with Crippen molar-refractivity contribution in [3.63, 3.8) is 0 Å². The first-order valence-electron chi connectivity index (χ1n) is 3.96. The van der Waals surface area contributed by atoms with Gasteiger partial charge >= 0.3 is 10.2 Å². The molecule has 5 nitrogen and oxygen atoms in total. The van der Waals surface area contributed by atoms with Gasteiger partial charge in [-0.3, -0.25) is 10.1 Å². The summed E-state index contributed by atoms with van der Waals surface area (Å²) in [5.74, 6) is -0.967. The predicted molar refractivity (Wildman–Crippen MR) is 51.6 cm³/mol. The lowest BCUT2D eigenvalue weighted by atomic mass is 10.1. The Kier molecular flexibility index (Phi) is 3.04. The summed E-state index contributed by atoms with van der Waals surface area (Å²) in [6.45, 7) is 1.46. The van der Waals surface area contributed by atoms with Crippen molar-refractivity contribution in [1.82, 2.24) is 0 Å². The Labute approximate surface area is 85.9 Å². The molecular formula is C8H8FNO4S. The molecule has 0 aliphatic heterocycles. The first kappa shape index (κ1) is 11.6. The minimum atomic E-state index is -4.75. The summed E-state index contributed by atoms with van der Waals surface area (Å²) in [7, 11) is -4.75. The average Bonchev–Trinajstić information content (AvgIpc) is 1.99. The van der Waals surface area contributed by atoms with E-state index in [0.717, 1.165) is 0 Å². The highest BCUT2D eigenvalue weighted by Crippen LogP contribution is 2.25. The van der Waals surface area contributed by atoms with E-state index in [1.54, 1.807) is 0 Å². The molecule has 15 heavy (non-hydrogen) atoms. The second kappa shape index (κ2) is 3.93. The molecule has 0 heterocycles. The molecule has 0 aliphatic rings. The van der Waals surface area contributed by atoms with Crippen molar-refractivity contribution in [2.75, 3.05) is 0 Å². The van der Waals surface area contributed by atoms with Gasteiger partial charge < -0.3 is 0 Å². The number of nitro benzene ring substituents is 1. The van der Waals surface area contributed by atoms with E-state index < -0.39 is 20.9 Å². The first-order valence-corrected chi connectivity index (χ1v) is 5.52. The van der Waals surface area contributed by atoms with Gasteiger partial charge in [-0.15, -0.1) is 3.89 Å². The molecule has 1 rings (SSSR count). The minimum Gasteiger partial charge on any atom is -0.258 e. The molecule has 0 spiro atoms. The lowest BCUT2D eigenvalue weighted by molar-refractivity contribution is -0.386. The van der Waals surface area contributed by atoms with E-state index >= 15 is 0 Å². The van der Waals surface area contributed by atoms with Crippen LogP contribution in [0.3, 0.4) is 0 Å². The monoisotopic (exact) mass is 233 g/mol. The third-order valence-corrected chi connectivity index (χ3v) is 2.49. The molecule has 0 radical (unpaired) electrons. The van der Waals surface area contributed by atoms with Crippen molar-refractivity contribution in [3.05, 3.63) is 39.4 Å². The molecule has 1 aromatic rings. The van der Waals surface area contributed by atoms with Gasteiger partial charge in [-0.25, -0.2) is 0 Å². The number of benzene rings is 1. The van der Waals surface area contributed by atoms with E-state index in [1.807, 2.05) is 0 Å². The highest BCUT2D eigenvalue weighted by Gasteiger charge is 2.21. The minimum absolute atomic E-state index is 0.137. The van der Waals surface area contributed by atoms with Gasteiger partial charge in [-0.2, -0.15) is 8.42 Å². The number of hydrogen-bond acceptors (Lipinski definition) is 4. The Bertz CT molecular complexity index is 497. The lowest BCUT2D eigenvalue weighted by Gasteiger charge is -2.02. The Balaban J connectivity index is 3.30. The number of halogens is 1. The number of nitro groups is 1. The second-order valence-corrected chi connectivity index (χ2v) is 4.39. The molecule has 82 valence electrons. The van der Waals surface area contributed by atoms with Gasteiger partial charge in [0, 0.05) is 11.1 Å². The smallest absolute Gasteiger partial charge is 0.258 e. The lowest BCUT2D eigenvalue weighted by Crippen LogP contribution is -2.02. The van der Waals surface area contributed by atoms with Crippen molar-refractivity contribution >= 4 is 15.9 Å². The zero-order valence-corrected chi connectivity index (χ0v) is 8.62. The van der Waals surface area contributed by atoms with Crippen LogP contribution in [0.15, 0.2) is 18.2 Å². The largest absolute Gasteiger partial charge is 0.306 e. The maximum absolute atomic E-state index is 12.4. The summed E-state index contributed by atoms with van der Waals surface area (Å²) in [6, 6.07) is 4.14. The zero-order chi connectivity index (χ0) is 11.6. The van der Waals surface area contributed by atoms with E-state index in [2.05, 4.69) is 0 Å². The van der Waals surface area contributed by atoms with Crippen molar-refractivity contribution in [2.45, 2.75) is 12.7 Å². The highest BCUT2D eigenvalue weighted by atomic mass is 32.3. The highest BCUT2D eigenvalue weighted by molar-refractivity contribution is 7.85. The number of aryl methyl sites for hydroxylation is 1. The summed E-state index contributed by atoms with van der Waals surface area (Å²) in [5, 5.41) is 10.6. The fourth-order valence-electron chi connectivity index (χ4n) is 1.28. The molecule has 1 aromatic carbocycles. The van der Waals surface area contributed by atoms with Crippen LogP contribution in [0.4, 0.5) is 9.57 Å². The molecule has 7 heteroatoms. The van der Waals surface area contributed by atoms with E-state index in [4.69, 9.17) is 0 Å². The van der Waals surface area contributed by atoms with Gasteiger partial charge in [0.1, 0.15) is 5.75 Å². The molecule has 0 amide bonds.